The fraction of sp³-hybridized carbons (Fsp3) is 0. The summed E-state index contributed by atoms with van der Waals surface area (Å²) in [4.78, 5) is 12.5. The largest absolute Gasteiger partial charge is 0.340 e. The smallest absolute Gasteiger partial charge is 0.222 e. The molecule has 0 aliphatic rings. The third-order valence-electron chi connectivity index (χ3n) is 2.78. The van der Waals surface area contributed by atoms with Crippen LogP contribution in [0.2, 0.25) is 0 Å². The van der Waals surface area contributed by atoms with Gasteiger partial charge in [0.25, 0.3) is 0 Å². The second-order valence-corrected chi connectivity index (χ2v) is 4.91. The molecule has 0 aliphatic heterocycles. The number of nitrogens with zero attached hydrogens (tertiary/aromatic N) is 3. The monoisotopic (exact) mass is 301 g/mol. The summed E-state index contributed by atoms with van der Waals surface area (Å²) in [6, 6.07) is 10.5. The Kier molecular flexibility index (Phi) is 3.61. The number of aromatic nitrogens is 3. The number of pyridine rings is 1. The van der Waals surface area contributed by atoms with Gasteiger partial charge in [0.05, 0.1) is 5.39 Å². The minimum Gasteiger partial charge on any atom is -0.340 e. The highest BCUT2D eigenvalue weighted by Gasteiger charge is 2.04. The summed E-state index contributed by atoms with van der Waals surface area (Å²) in [5.41, 5.74) is 1.90. The van der Waals surface area contributed by atoms with Crippen molar-refractivity contribution in [3.05, 3.63) is 48.9 Å². The summed E-state index contributed by atoms with van der Waals surface area (Å²) >= 11 is 0. The molecular weight excluding hydrogens is 290 g/mol. The van der Waals surface area contributed by atoms with Crippen LogP contribution in [0.25, 0.3) is 11.0 Å². The number of rotatable bonds is 4. The molecule has 1 aromatic carbocycles. The van der Waals surface area contributed by atoms with Gasteiger partial charge in [-0.15, -0.1) is 0 Å². The lowest BCUT2D eigenvalue weighted by Crippen LogP contribution is -1.98. The standard InChI is InChI=1S/C13H11N5O2S/c19-21(20)18-10-5-3-9(4-6-10)17-13-11-2-1-7-14-12(11)15-8-16-13/h1-8,21H,(H,18,19,20)(H,14,15,16,17). The van der Waals surface area contributed by atoms with Gasteiger partial charge in [-0.25, -0.2) is 23.4 Å². The zero-order valence-electron chi connectivity index (χ0n) is 10.7. The molecule has 7 nitrogen and oxygen atoms in total. The summed E-state index contributed by atoms with van der Waals surface area (Å²) in [7, 11) is -2.66. The second-order valence-electron chi connectivity index (χ2n) is 4.17. The van der Waals surface area contributed by atoms with E-state index in [9.17, 15) is 8.42 Å². The molecule has 0 unspecified atom stereocenters. The van der Waals surface area contributed by atoms with E-state index in [-0.39, 0.29) is 0 Å². The fourth-order valence-electron chi connectivity index (χ4n) is 1.87. The molecule has 0 fully saturated rings. The maximum atomic E-state index is 10.6. The zero-order valence-corrected chi connectivity index (χ0v) is 11.6. The van der Waals surface area contributed by atoms with E-state index in [1.165, 1.54) is 6.33 Å². The van der Waals surface area contributed by atoms with Gasteiger partial charge < -0.3 is 5.32 Å². The number of thiol groups is 1. The van der Waals surface area contributed by atoms with Crippen molar-refractivity contribution in [1.29, 1.82) is 0 Å². The van der Waals surface area contributed by atoms with Gasteiger partial charge >= 0.3 is 0 Å². The first-order chi connectivity index (χ1) is 10.2. The van der Waals surface area contributed by atoms with Crippen molar-refractivity contribution in [3.8, 4) is 0 Å². The molecule has 0 saturated carbocycles. The van der Waals surface area contributed by atoms with Crippen LogP contribution in [0.15, 0.2) is 48.9 Å². The topological polar surface area (TPSA) is 96.9 Å². The highest BCUT2D eigenvalue weighted by atomic mass is 32.2. The van der Waals surface area contributed by atoms with Gasteiger partial charge in [-0.1, -0.05) is 0 Å². The summed E-state index contributed by atoms with van der Waals surface area (Å²) in [6.07, 6.45) is 3.11. The molecule has 0 aliphatic carbocycles. The lowest BCUT2D eigenvalue weighted by atomic mass is 10.2. The Morgan fingerprint density at radius 1 is 0.905 bits per heavy atom. The van der Waals surface area contributed by atoms with Crippen LogP contribution < -0.4 is 10.0 Å². The number of fused-ring (bicyclic) bond motifs is 1. The first-order valence-corrected chi connectivity index (χ1v) is 7.24. The van der Waals surface area contributed by atoms with E-state index >= 15 is 0 Å². The van der Waals surface area contributed by atoms with Crippen LogP contribution >= 0.6 is 0 Å². The molecule has 2 heterocycles. The minimum absolute atomic E-state index is 0.505. The highest BCUT2D eigenvalue weighted by Crippen LogP contribution is 2.22. The molecule has 0 saturated heterocycles. The molecule has 0 bridgehead atoms. The maximum Gasteiger partial charge on any atom is 0.222 e. The molecule has 0 amide bonds. The van der Waals surface area contributed by atoms with Crippen LogP contribution in [0, 0.1) is 0 Å². The molecule has 106 valence electrons. The minimum atomic E-state index is -2.66. The van der Waals surface area contributed by atoms with Crippen LogP contribution in [-0.2, 0) is 10.9 Å². The molecule has 0 spiro atoms. The van der Waals surface area contributed by atoms with E-state index in [0.29, 0.717) is 17.2 Å². The van der Waals surface area contributed by atoms with Crippen molar-refractivity contribution in [1.82, 2.24) is 15.0 Å². The van der Waals surface area contributed by atoms with Gasteiger partial charge in [0.15, 0.2) is 5.65 Å². The van der Waals surface area contributed by atoms with E-state index in [1.54, 1.807) is 30.5 Å². The second kappa shape index (κ2) is 5.71. The number of anilines is 3. The Bertz CT molecular complexity index is 835. The van der Waals surface area contributed by atoms with E-state index in [1.807, 2.05) is 12.1 Å². The molecule has 3 aromatic rings. The molecule has 8 heteroatoms. The van der Waals surface area contributed by atoms with Crippen LogP contribution in [0.3, 0.4) is 0 Å². The third kappa shape index (κ3) is 3.06. The van der Waals surface area contributed by atoms with Gasteiger partial charge in [-0.05, 0) is 36.4 Å². The van der Waals surface area contributed by atoms with Crippen molar-refractivity contribution >= 4 is 39.1 Å². The van der Waals surface area contributed by atoms with Crippen LogP contribution in [-0.4, -0.2) is 23.4 Å². The SMILES string of the molecule is O=[SH](=O)Nc1ccc(Nc2ncnc3ncccc23)cc1. The number of hydrogen-bond acceptors (Lipinski definition) is 6. The molecule has 0 atom stereocenters. The van der Waals surface area contributed by atoms with Crippen molar-refractivity contribution in [2.45, 2.75) is 0 Å². The van der Waals surface area contributed by atoms with E-state index in [4.69, 9.17) is 0 Å². The predicted molar refractivity (Wildman–Crippen MR) is 81.0 cm³/mol. The summed E-state index contributed by atoms with van der Waals surface area (Å²) in [6.45, 7) is 0. The Hall–Kier alpha value is -2.74. The zero-order chi connectivity index (χ0) is 14.7. The predicted octanol–water partition coefficient (Wildman–Crippen LogP) is 1.71. The average molecular weight is 301 g/mol. The average Bonchev–Trinajstić information content (AvgIpc) is 2.49. The van der Waals surface area contributed by atoms with Crippen molar-refractivity contribution in [3.63, 3.8) is 0 Å². The quantitative estimate of drug-likeness (QED) is 0.635. The Morgan fingerprint density at radius 2 is 1.67 bits per heavy atom. The summed E-state index contributed by atoms with van der Waals surface area (Å²) in [5, 5.41) is 3.97. The van der Waals surface area contributed by atoms with Crippen molar-refractivity contribution in [2.75, 3.05) is 10.0 Å². The summed E-state index contributed by atoms with van der Waals surface area (Å²) < 4.78 is 23.5. The normalized spacial score (nSPS) is 10.7. The Labute approximate surface area is 122 Å². The Morgan fingerprint density at radius 3 is 2.43 bits per heavy atom. The third-order valence-corrected chi connectivity index (χ3v) is 3.22. The van der Waals surface area contributed by atoms with E-state index in [2.05, 4.69) is 25.0 Å². The number of nitrogens with one attached hydrogen (secondary N) is 2. The highest BCUT2D eigenvalue weighted by molar-refractivity contribution is 7.73. The van der Waals surface area contributed by atoms with Crippen molar-refractivity contribution < 1.29 is 8.42 Å². The van der Waals surface area contributed by atoms with Gasteiger partial charge in [0, 0.05) is 17.6 Å². The van der Waals surface area contributed by atoms with Crippen LogP contribution in [0.5, 0.6) is 0 Å². The Balaban J connectivity index is 1.88. The van der Waals surface area contributed by atoms with E-state index in [0.717, 1.165) is 11.1 Å². The summed E-state index contributed by atoms with van der Waals surface area (Å²) in [5.74, 6) is 0.642. The van der Waals surface area contributed by atoms with E-state index < -0.39 is 10.9 Å². The first kappa shape index (κ1) is 13.3. The number of hydrogen-bond donors (Lipinski definition) is 3. The molecule has 2 aromatic heterocycles. The maximum absolute atomic E-state index is 10.6. The molecular formula is C13H11N5O2S. The molecule has 21 heavy (non-hydrogen) atoms. The van der Waals surface area contributed by atoms with Crippen molar-refractivity contribution in [2.24, 2.45) is 0 Å². The fourth-order valence-corrected chi connectivity index (χ4v) is 2.23. The molecule has 0 radical (unpaired) electrons. The van der Waals surface area contributed by atoms with Gasteiger partial charge in [0.2, 0.25) is 10.9 Å². The van der Waals surface area contributed by atoms with Gasteiger partial charge in [-0.2, -0.15) is 0 Å². The van der Waals surface area contributed by atoms with Gasteiger partial charge in [0.1, 0.15) is 12.1 Å². The lowest BCUT2D eigenvalue weighted by Gasteiger charge is -2.08. The van der Waals surface area contributed by atoms with Crippen LogP contribution in [0.1, 0.15) is 0 Å². The van der Waals surface area contributed by atoms with Gasteiger partial charge in [-0.3, -0.25) is 4.72 Å². The molecule has 2 N–H and O–H groups in total. The first-order valence-electron chi connectivity index (χ1n) is 6.06. The molecule has 3 rings (SSSR count). The van der Waals surface area contributed by atoms with Crippen LogP contribution in [0.4, 0.5) is 17.2 Å². The lowest BCUT2D eigenvalue weighted by molar-refractivity contribution is 0.619. The number of benzene rings is 1.